The fourth-order valence-corrected chi connectivity index (χ4v) is 3.90. The van der Waals surface area contributed by atoms with Crippen LogP contribution in [0.25, 0.3) is 0 Å². The molecule has 2 aromatic rings. The molecule has 2 amide bonds. The first-order valence-electron chi connectivity index (χ1n) is 13.1. The molecule has 0 radical (unpaired) electrons. The molecule has 2 aromatic carbocycles. The number of carbonyl (C=O) groups is 2. The first-order valence-corrected chi connectivity index (χ1v) is 13.1. The van der Waals surface area contributed by atoms with Crippen molar-refractivity contribution in [2.75, 3.05) is 79.0 Å². The van der Waals surface area contributed by atoms with E-state index in [0.29, 0.717) is 103 Å². The van der Waals surface area contributed by atoms with Gasteiger partial charge >= 0.3 is 0 Å². The van der Waals surface area contributed by atoms with Crippen molar-refractivity contribution in [3.8, 4) is 0 Å². The molecule has 1 aliphatic heterocycles. The van der Waals surface area contributed by atoms with E-state index in [0.717, 1.165) is 11.1 Å². The van der Waals surface area contributed by atoms with Crippen molar-refractivity contribution in [3.63, 3.8) is 0 Å². The number of nitrogens with two attached hydrogens (primary N) is 2. The van der Waals surface area contributed by atoms with Gasteiger partial charge in [0, 0.05) is 50.4 Å². The molecule has 4 N–H and O–H groups in total. The minimum Gasteiger partial charge on any atom is -0.377 e. The number of benzene rings is 2. The summed E-state index contributed by atoms with van der Waals surface area (Å²) in [6.45, 7) is 5.67. The van der Waals surface area contributed by atoms with Gasteiger partial charge in [-0.1, -0.05) is 24.3 Å². The van der Waals surface area contributed by atoms with Gasteiger partial charge in [-0.2, -0.15) is 0 Å². The summed E-state index contributed by atoms with van der Waals surface area (Å²) in [5, 5.41) is 0. The van der Waals surface area contributed by atoms with Crippen molar-refractivity contribution < 1.29 is 28.5 Å². The van der Waals surface area contributed by atoms with Gasteiger partial charge in [0.2, 0.25) is 0 Å². The average molecular weight is 529 g/mol. The number of hydrogen-bond acceptors (Lipinski definition) is 8. The zero-order valence-electron chi connectivity index (χ0n) is 22.0. The topological polar surface area (TPSA) is 130 Å². The molecule has 208 valence electrons. The third kappa shape index (κ3) is 9.79. The van der Waals surface area contributed by atoms with Crippen molar-refractivity contribution >= 4 is 11.8 Å². The molecule has 3 rings (SSSR count). The van der Waals surface area contributed by atoms with Crippen LogP contribution in [0.1, 0.15) is 31.8 Å². The maximum absolute atomic E-state index is 13.0. The Bertz CT molecular complexity index is 871. The highest BCUT2D eigenvalue weighted by atomic mass is 16.5. The summed E-state index contributed by atoms with van der Waals surface area (Å²) < 4.78 is 22.8. The van der Waals surface area contributed by atoms with Crippen LogP contribution < -0.4 is 11.5 Å². The number of hydrogen-bond donors (Lipinski definition) is 2. The number of rotatable bonds is 4. The summed E-state index contributed by atoms with van der Waals surface area (Å²) >= 11 is 0. The van der Waals surface area contributed by atoms with Gasteiger partial charge in [0.15, 0.2) is 0 Å². The molecular formula is C28H40N4O6. The van der Waals surface area contributed by atoms with Crippen LogP contribution in [-0.2, 0) is 32.0 Å². The second-order valence-electron chi connectivity index (χ2n) is 8.84. The Morgan fingerprint density at radius 1 is 0.526 bits per heavy atom. The third-order valence-electron chi connectivity index (χ3n) is 6.21. The van der Waals surface area contributed by atoms with E-state index in [1.54, 1.807) is 34.1 Å². The molecule has 0 bridgehead atoms. The smallest absolute Gasteiger partial charge is 0.254 e. The van der Waals surface area contributed by atoms with Gasteiger partial charge in [-0.05, 0) is 35.4 Å². The molecule has 1 aliphatic rings. The van der Waals surface area contributed by atoms with Gasteiger partial charge in [-0.15, -0.1) is 0 Å². The Hall–Kier alpha value is -2.86. The van der Waals surface area contributed by atoms with E-state index in [1.807, 2.05) is 24.3 Å². The van der Waals surface area contributed by atoms with E-state index in [1.165, 1.54) is 0 Å². The molecule has 1 heterocycles. The Kier molecular flexibility index (Phi) is 13.2. The van der Waals surface area contributed by atoms with Crippen molar-refractivity contribution in [1.82, 2.24) is 9.80 Å². The van der Waals surface area contributed by atoms with E-state index in [-0.39, 0.29) is 11.8 Å². The fraction of sp³-hybridized carbons (Fsp3) is 0.500. The maximum atomic E-state index is 13.0. The molecule has 0 spiro atoms. The van der Waals surface area contributed by atoms with Crippen LogP contribution in [0.3, 0.4) is 0 Å². The number of nitrogens with zero attached hydrogens (tertiary/aromatic N) is 2. The van der Waals surface area contributed by atoms with E-state index in [9.17, 15) is 9.59 Å². The summed E-state index contributed by atoms with van der Waals surface area (Å²) in [6, 6.07) is 14.6. The number of ether oxygens (including phenoxy) is 4. The Labute approximate surface area is 224 Å². The standard InChI is InChI=1S/C28H40N4O6/c29-21-23-1-5-25(6-2-23)27(33)31-9-13-35-17-19-37-15-11-32(12-16-38-20-18-36-14-10-31)28(34)26-7-3-24(22-30)4-8-26/h1-8H,9-22,29-30H2. The second kappa shape index (κ2) is 16.9. The predicted octanol–water partition coefficient (Wildman–Crippen LogP) is 1.27. The summed E-state index contributed by atoms with van der Waals surface area (Å²) in [6.07, 6.45) is 0. The van der Waals surface area contributed by atoms with E-state index in [4.69, 9.17) is 30.4 Å². The van der Waals surface area contributed by atoms with Crippen LogP contribution in [0.2, 0.25) is 0 Å². The lowest BCUT2D eigenvalue weighted by atomic mass is 10.1. The van der Waals surface area contributed by atoms with E-state index >= 15 is 0 Å². The third-order valence-corrected chi connectivity index (χ3v) is 6.21. The first-order chi connectivity index (χ1) is 18.6. The highest BCUT2D eigenvalue weighted by Crippen LogP contribution is 2.09. The minimum atomic E-state index is -0.0786. The summed E-state index contributed by atoms with van der Waals surface area (Å²) in [4.78, 5) is 29.5. The summed E-state index contributed by atoms with van der Waals surface area (Å²) in [7, 11) is 0. The second-order valence-corrected chi connectivity index (χ2v) is 8.84. The van der Waals surface area contributed by atoms with Crippen LogP contribution in [-0.4, -0.2) is 101 Å². The summed E-state index contributed by atoms with van der Waals surface area (Å²) in [5.41, 5.74) is 14.5. The highest BCUT2D eigenvalue weighted by Gasteiger charge is 2.17. The van der Waals surface area contributed by atoms with Gasteiger partial charge in [-0.3, -0.25) is 9.59 Å². The molecule has 0 aromatic heterocycles. The van der Waals surface area contributed by atoms with Gasteiger partial charge in [0.25, 0.3) is 11.8 Å². The van der Waals surface area contributed by atoms with Crippen LogP contribution >= 0.6 is 0 Å². The minimum absolute atomic E-state index is 0.0786. The normalized spacial score (nSPS) is 17.4. The Morgan fingerprint density at radius 2 is 0.816 bits per heavy atom. The zero-order chi connectivity index (χ0) is 27.0. The lowest BCUT2D eigenvalue weighted by molar-refractivity contribution is 0.00889. The highest BCUT2D eigenvalue weighted by molar-refractivity contribution is 5.94. The molecule has 10 nitrogen and oxygen atoms in total. The Balaban J connectivity index is 1.51. The summed E-state index contributed by atoms with van der Waals surface area (Å²) in [5.74, 6) is -0.157. The van der Waals surface area contributed by atoms with Gasteiger partial charge < -0.3 is 40.2 Å². The quantitative estimate of drug-likeness (QED) is 0.607. The van der Waals surface area contributed by atoms with Gasteiger partial charge in [0.1, 0.15) is 0 Å². The number of amides is 2. The lowest BCUT2D eigenvalue weighted by Gasteiger charge is -2.24. The molecule has 10 heteroatoms. The fourth-order valence-electron chi connectivity index (χ4n) is 3.90. The van der Waals surface area contributed by atoms with E-state index in [2.05, 4.69) is 0 Å². The molecule has 0 unspecified atom stereocenters. The van der Waals surface area contributed by atoms with Gasteiger partial charge in [0.05, 0.1) is 52.9 Å². The van der Waals surface area contributed by atoms with Crippen molar-refractivity contribution in [2.45, 2.75) is 13.1 Å². The molecule has 1 saturated heterocycles. The van der Waals surface area contributed by atoms with Crippen LogP contribution in [0, 0.1) is 0 Å². The van der Waals surface area contributed by atoms with Crippen molar-refractivity contribution in [2.24, 2.45) is 11.5 Å². The molecule has 1 fully saturated rings. The molecule has 0 atom stereocenters. The average Bonchev–Trinajstić information content (AvgIpc) is 2.96. The van der Waals surface area contributed by atoms with E-state index < -0.39 is 0 Å². The SMILES string of the molecule is NCc1ccc(C(=O)N2CCOCCOCCN(C(=O)c3ccc(CN)cc3)CCOCCOCC2)cc1. The molecule has 38 heavy (non-hydrogen) atoms. The van der Waals surface area contributed by atoms with Crippen molar-refractivity contribution in [1.29, 1.82) is 0 Å². The molecule has 0 aliphatic carbocycles. The largest absolute Gasteiger partial charge is 0.377 e. The van der Waals surface area contributed by atoms with Crippen LogP contribution in [0.5, 0.6) is 0 Å². The maximum Gasteiger partial charge on any atom is 0.254 e. The van der Waals surface area contributed by atoms with Crippen LogP contribution in [0.15, 0.2) is 48.5 Å². The van der Waals surface area contributed by atoms with Gasteiger partial charge in [-0.25, -0.2) is 0 Å². The lowest BCUT2D eigenvalue weighted by Crippen LogP contribution is -2.38. The zero-order valence-corrected chi connectivity index (χ0v) is 22.0. The Morgan fingerprint density at radius 3 is 1.08 bits per heavy atom. The van der Waals surface area contributed by atoms with Crippen molar-refractivity contribution in [3.05, 3.63) is 70.8 Å². The monoisotopic (exact) mass is 528 g/mol. The molecule has 0 saturated carbocycles. The molecular weight excluding hydrogens is 488 g/mol. The number of carbonyl (C=O) groups excluding carboxylic acids is 2. The first kappa shape index (κ1) is 29.7. The predicted molar refractivity (Wildman–Crippen MR) is 144 cm³/mol. The van der Waals surface area contributed by atoms with Crippen LogP contribution in [0.4, 0.5) is 0 Å².